The zero-order valence-corrected chi connectivity index (χ0v) is 15.9. The molecular weight excluding hydrogens is 350 g/mol. The molecule has 0 spiro atoms. The van der Waals surface area contributed by atoms with Gasteiger partial charge in [-0.2, -0.15) is 0 Å². The van der Waals surface area contributed by atoms with E-state index in [4.69, 9.17) is 0 Å². The van der Waals surface area contributed by atoms with E-state index >= 15 is 0 Å². The summed E-state index contributed by atoms with van der Waals surface area (Å²) in [6.07, 6.45) is 2.85. The Balaban J connectivity index is 0.00000196. The number of nitrogens with one attached hydrogen (secondary N) is 1. The first kappa shape index (κ1) is 18.9. The molecule has 2 aliphatic rings. The van der Waals surface area contributed by atoms with E-state index in [0.717, 1.165) is 50.5 Å². The van der Waals surface area contributed by atoms with Gasteiger partial charge in [-0.1, -0.05) is 30.3 Å². The van der Waals surface area contributed by atoms with E-state index in [9.17, 15) is 4.79 Å². The maximum Gasteiger partial charge on any atom is 0.227 e. The van der Waals surface area contributed by atoms with Gasteiger partial charge in [-0.05, 0) is 31.9 Å². The summed E-state index contributed by atoms with van der Waals surface area (Å²) in [4.78, 5) is 14.8. The highest BCUT2D eigenvalue weighted by Gasteiger charge is 2.32. The molecule has 140 valence electrons. The minimum absolute atomic E-state index is 0. The van der Waals surface area contributed by atoms with Crippen LogP contribution in [-0.2, 0) is 17.8 Å². The molecule has 7 heteroatoms. The number of benzene rings is 1. The second-order valence-corrected chi connectivity index (χ2v) is 7.18. The van der Waals surface area contributed by atoms with Gasteiger partial charge in [0.1, 0.15) is 5.82 Å². The number of halogens is 1. The first-order chi connectivity index (χ1) is 12.2. The highest BCUT2D eigenvalue weighted by molar-refractivity contribution is 5.85. The van der Waals surface area contributed by atoms with Crippen molar-refractivity contribution in [3.63, 3.8) is 0 Å². The van der Waals surface area contributed by atoms with Crippen molar-refractivity contribution >= 4 is 18.3 Å². The molecule has 4 rings (SSSR count). The Hall–Kier alpha value is -1.92. The third-order valence-electron chi connectivity index (χ3n) is 5.26. The van der Waals surface area contributed by atoms with E-state index in [0.29, 0.717) is 6.54 Å². The molecule has 0 aliphatic carbocycles. The number of hydrogen-bond donors (Lipinski definition) is 1. The van der Waals surface area contributed by atoms with E-state index in [1.807, 2.05) is 23.1 Å². The van der Waals surface area contributed by atoms with Gasteiger partial charge in [0.25, 0.3) is 0 Å². The van der Waals surface area contributed by atoms with E-state index in [-0.39, 0.29) is 30.3 Å². The Morgan fingerprint density at radius 2 is 2.08 bits per heavy atom. The molecule has 0 unspecified atom stereocenters. The molecule has 2 aromatic rings. The van der Waals surface area contributed by atoms with Crippen molar-refractivity contribution in [2.24, 2.45) is 5.92 Å². The van der Waals surface area contributed by atoms with Crippen molar-refractivity contribution in [2.45, 2.75) is 38.8 Å². The number of carbonyl (C=O) groups excluding carboxylic acids is 1. The van der Waals surface area contributed by atoms with Crippen LogP contribution < -0.4 is 5.32 Å². The Labute approximate surface area is 160 Å². The number of nitrogens with zero attached hydrogens (tertiary/aromatic N) is 4. The Bertz CT molecular complexity index is 742. The lowest BCUT2D eigenvalue weighted by Gasteiger charge is -2.35. The van der Waals surface area contributed by atoms with Crippen LogP contribution in [0.1, 0.15) is 43.0 Å². The predicted octanol–water partition coefficient (Wildman–Crippen LogP) is 2.19. The molecule has 0 radical (unpaired) electrons. The SMILES string of the molecule is C[C@H]1CN(C(=O)[C@@H]2CCCNC2)Cc2nnc(Cc3ccccc3)n21.Cl. The van der Waals surface area contributed by atoms with Gasteiger partial charge in [-0.15, -0.1) is 22.6 Å². The average molecular weight is 376 g/mol. The van der Waals surface area contributed by atoms with Gasteiger partial charge in [0.2, 0.25) is 5.91 Å². The summed E-state index contributed by atoms with van der Waals surface area (Å²) in [5.74, 6) is 2.26. The number of rotatable bonds is 3. The summed E-state index contributed by atoms with van der Waals surface area (Å²) in [5.41, 5.74) is 1.23. The molecule has 6 nitrogen and oxygen atoms in total. The molecule has 2 aliphatic heterocycles. The van der Waals surface area contributed by atoms with Crippen LogP contribution in [0, 0.1) is 5.92 Å². The number of carbonyl (C=O) groups is 1. The molecule has 0 bridgehead atoms. The Kier molecular flexibility index (Phi) is 5.94. The summed E-state index contributed by atoms with van der Waals surface area (Å²) in [6.45, 7) is 5.29. The minimum atomic E-state index is 0. The maximum atomic E-state index is 12.8. The van der Waals surface area contributed by atoms with E-state index in [1.54, 1.807) is 0 Å². The number of fused-ring (bicyclic) bond motifs is 1. The second kappa shape index (κ2) is 8.18. The van der Waals surface area contributed by atoms with Gasteiger partial charge in [0.05, 0.1) is 18.5 Å². The van der Waals surface area contributed by atoms with E-state index in [2.05, 4.69) is 39.1 Å². The second-order valence-electron chi connectivity index (χ2n) is 7.18. The van der Waals surface area contributed by atoms with Gasteiger partial charge in [0.15, 0.2) is 5.82 Å². The first-order valence-electron chi connectivity index (χ1n) is 9.18. The van der Waals surface area contributed by atoms with Crippen molar-refractivity contribution in [1.82, 2.24) is 25.0 Å². The molecule has 1 aromatic heterocycles. The molecule has 26 heavy (non-hydrogen) atoms. The summed E-state index contributed by atoms with van der Waals surface area (Å²) in [6, 6.07) is 10.5. The number of piperidine rings is 1. The number of hydrogen-bond acceptors (Lipinski definition) is 4. The lowest BCUT2D eigenvalue weighted by atomic mass is 9.97. The Morgan fingerprint density at radius 3 is 2.81 bits per heavy atom. The van der Waals surface area contributed by atoms with Gasteiger partial charge in [-0.3, -0.25) is 4.79 Å². The van der Waals surface area contributed by atoms with Crippen molar-refractivity contribution in [1.29, 1.82) is 0 Å². The quantitative estimate of drug-likeness (QED) is 0.893. The summed E-state index contributed by atoms with van der Waals surface area (Å²) >= 11 is 0. The van der Waals surface area contributed by atoms with Crippen molar-refractivity contribution in [2.75, 3.05) is 19.6 Å². The average Bonchev–Trinajstić information content (AvgIpc) is 3.06. The highest BCUT2D eigenvalue weighted by Crippen LogP contribution is 2.25. The van der Waals surface area contributed by atoms with Gasteiger partial charge in [0, 0.05) is 19.5 Å². The molecule has 1 saturated heterocycles. The maximum absolute atomic E-state index is 12.8. The van der Waals surface area contributed by atoms with Crippen LogP contribution in [-0.4, -0.2) is 45.2 Å². The molecular formula is C19H26ClN5O. The minimum Gasteiger partial charge on any atom is -0.333 e. The zero-order valence-electron chi connectivity index (χ0n) is 15.1. The highest BCUT2D eigenvalue weighted by atomic mass is 35.5. The fraction of sp³-hybridized carbons (Fsp3) is 0.526. The van der Waals surface area contributed by atoms with Crippen LogP contribution in [0.25, 0.3) is 0 Å². The topological polar surface area (TPSA) is 63.1 Å². The van der Waals surface area contributed by atoms with Crippen molar-refractivity contribution in [3.8, 4) is 0 Å². The largest absolute Gasteiger partial charge is 0.333 e. The van der Waals surface area contributed by atoms with Gasteiger partial charge >= 0.3 is 0 Å². The van der Waals surface area contributed by atoms with E-state index in [1.165, 1.54) is 5.56 Å². The van der Waals surface area contributed by atoms with Crippen molar-refractivity contribution in [3.05, 3.63) is 47.5 Å². The standard InChI is InChI=1S/C19H25N5O.ClH/c1-14-12-23(19(25)16-8-5-9-20-11-16)13-18-22-21-17(24(14)18)10-15-6-3-2-4-7-15;/h2-4,6-7,14,16,20H,5,8-13H2,1H3;1H/t14-,16+;/m0./s1. The van der Waals surface area contributed by atoms with Crippen LogP contribution in [0.15, 0.2) is 30.3 Å². The molecule has 1 amide bonds. The number of amides is 1. The molecule has 0 saturated carbocycles. The van der Waals surface area contributed by atoms with Gasteiger partial charge < -0.3 is 14.8 Å². The fourth-order valence-electron chi connectivity index (χ4n) is 4.00. The molecule has 1 N–H and O–H groups in total. The smallest absolute Gasteiger partial charge is 0.227 e. The third-order valence-corrected chi connectivity index (χ3v) is 5.26. The summed E-state index contributed by atoms with van der Waals surface area (Å²) in [7, 11) is 0. The monoisotopic (exact) mass is 375 g/mol. The first-order valence-corrected chi connectivity index (χ1v) is 9.18. The van der Waals surface area contributed by atoms with Crippen LogP contribution in [0.5, 0.6) is 0 Å². The van der Waals surface area contributed by atoms with Gasteiger partial charge in [-0.25, -0.2) is 0 Å². The molecule has 1 aromatic carbocycles. The summed E-state index contributed by atoms with van der Waals surface area (Å²) in [5, 5.41) is 12.1. The fourth-order valence-corrected chi connectivity index (χ4v) is 4.00. The third kappa shape index (κ3) is 3.76. The van der Waals surface area contributed by atoms with Crippen LogP contribution in [0.2, 0.25) is 0 Å². The van der Waals surface area contributed by atoms with Crippen LogP contribution in [0.3, 0.4) is 0 Å². The zero-order chi connectivity index (χ0) is 17.2. The Morgan fingerprint density at radius 1 is 1.27 bits per heavy atom. The van der Waals surface area contributed by atoms with Crippen LogP contribution >= 0.6 is 12.4 Å². The van der Waals surface area contributed by atoms with Crippen LogP contribution in [0.4, 0.5) is 0 Å². The summed E-state index contributed by atoms with van der Waals surface area (Å²) < 4.78 is 2.22. The molecule has 2 atom stereocenters. The predicted molar refractivity (Wildman–Crippen MR) is 102 cm³/mol. The van der Waals surface area contributed by atoms with E-state index < -0.39 is 0 Å². The normalized spacial score (nSPS) is 22.4. The van der Waals surface area contributed by atoms with Crippen molar-refractivity contribution < 1.29 is 4.79 Å². The lowest BCUT2D eigenvalue weighted by molar-refractivity contribution is -0.138. The lowest BCUT2D eigenvalue weighted by Crippen LogP contribution is -2.47. The molecule has 3 heterocycles. The molecule has 1 fully saturated rings. The number of aromatic nitrogens is 3.